The lowest BCUT2D eigenvalue weighted by Gasteiger charge is -2.03. The van der Waals surface area contributed by atoms with E-state index in [0.29, 0.717) is 0 Å². The van der Waals surface area contributed by atoms with Crippen LogP contribution in [0.15, 0.2) is 91.8 Å². The van der Waals surface area contributed by atoms with Crippen LogP contribution in [0.5, 0.6) is 0 Å². The van der Waals surface area contributed by atoms with Crippen LogP contribution in [0.25, 0.3) is 49.9 Å². The number of rotatable bonds is 5. The van der Waals surface area contributed by atoms with E-state index in [9.17, 15) is 4.39 Å². The maximum absolute atomic E-state index is 13.4. The highest BCUT2D eigenvalue weighted by Gasteiger charge is 2.14. The van der Waals surface area contributed by atoms with Gasteiger partial charge in [0, 0.05) is 22.5 Å². The van der Waals surface area contributed by atoms with Gasteiger partial charge in [0.2, 0.25) is 0 Å². The summed E-state index contributed by atoms with van der Waals surface area (Å²) in [5, 5.41) is 9.75. The number of H-pyrrole nitrogens is 2. The number of halogens is 1. The van der Waals surface area contributed by atoms with Gasteiger partial charge in [-0.25, -0.2) is 4.39 Å². The molecule has 4 nitrogen and oxygen atoms in total. The van der Waals surface area contributed by atoms with Crippen molar-refractivity contribution in [3.05, 3.63) is 103 Å². The van der Waals surface area contributed by atoms with E-state index in [0.717, 1.165) is 55.5 Å². The molecule has 0 atom stereocenters. The van der Waals surface area contributed by atoms with Gasteiger partial charge in [-0.1, -0.05) is 49.1 Å². The van der Waals surface area contributed by atoms with Gasteiger partial charge < -0.3 is 4.98 Å². The fourth-order valence-electron chi connectivity index (χ4n) is 3.97. The molecule has 0 saturated heterocycles. The number of hydrogen-bond acceptors (Lipinski definition) is 2. The number of fused-ring (bicyclic) bond motifs is 2. The Morgan fingerprint density at radius 1 is 1.00 bits per heavy atom. The molecule has 2 aromatic carbocycles. The summed E-state index contributed by atoms with van der Waals surface area (Å²) >= 11 is 0. The lowest BCUT2D eigenvalue weighted by molar-refractivity contribution is 0.628. The summed E-state index contributed by atoms with van der Waals surface area (Å²) in [7, 11) is 0. The van der Waals surface area contributed by atoms with E-state index in [1.165, 1.54) is 12.1 Å². The Morgan fingerprint density at radius 2 is 1.84 bits per heavy atom. The third-order valence-electron chi connectivity index (χ3n) is 5.58. The van der Waals surface area contributed by atoms with Crippen molar-refractivity contribution in [3.8, 4) is 22.5 Å². The van der Waals surface area contributed by atoms with Crippen molar-refractivity contribution < 1.29 is 4.39 Å². The first-order valence-electron chi connectivity index (χ1n) is 10.3. The zero-order valence-corrected chi connectivity index (χ0v) is 17.6. The molecule has 0 unspecified atom stereocenters. The van der Waals surface area contributed by atoms with Gasteiger partial charge in [-0.2, -0.15) is 5.10 Å². The highest BCUT2D eigenvalue weighted by molar-refractivity contribution is 6.01. The molecule has 5 aromatic rings. The molecule has 156 valence electrons. The van der Waals surface area contributed by atoms with Crippen molar-refractivity contribution in [1.29, 1.82) is 0 Å². The molecule has 3 aromatic heterocycles. The Labute approximate surface area is 184 Å². The Bertz CT molecular complexity index is 1500. The predicted octanol–water partition coefficient (Wildman–Crippen LogP) is 7.06. The van der Waals surface area contributed by atoms with Gasteiger partial charge in [0.05, 0.1) is 22.9 Å². The highest BCUT2D eigenvalue weighted by Crippen LogP contribution is 2.34. The number of allylic oxidation sites excluding steroid dienone is 5. The third kappa shape index (κ3) is 3.44. The summed E-state index contributed by atoms with van der Waals surface area (Å²) in [4.78, 5) is 7.82. The third-order valence-corrected chi connectivity index (χ3v) is 5.58. The summed E-state index contributed by atoms with van der Waals surface area (Å²) in [6.45, 7) is 5.77. The van der Waals surface area contributed by atoms with Crippen LogP contribution >= 0.6 is 0 Å². The van der Waals surface area contributed by atoms with E-state index in [1.54, 1.807) is 30.6 Å². The SMILES string of the molecule is C=C/C=C\C(=C/C)c1ccc2[nH]nc(-c3cc4c(-c5ccc(F)cc5)cncc4[nH]3)c2c1. The summed E-state index contributed by atoms with van der Waals surface area (Å²) < 4.78 is 13.4. The second-order valence-corrected chi connectivity index (χ2v) is 7.51. The van der Waals surface area contributed by atoms with Crippen LogP contribution < -0.4 is 0 Å². The monoisotopic (exact) mass is 420 g/mol. The van der Waals surface area contributed by atoms with Gasteiger partial charge in [0.1, 0.15) is 11.5 Å². The first kappa shape index (κ1) is 19.7. The molecule has 0 spiro atoms. The summed E-state index contributed by atoms with van der Waals surface area (Å²) in [6.07, 6.45) is 11.4. The van der Waals surface area contributed by atoms with Crippen LogP contribution in [0.1, 0.15) is 12.5 Å². The highest BCUT2D eigenvalue weighted by atomic mass is 19.1. The average molecular weight is 420 g/mol. The first-order chi connectivity index (χ1) is 15.7. The number of pyridine rings is 1. The van der Waals surface area contributed by atoms with Crippen molar-refractivity contribution in [3.63, 3.8) is 0 Å². The molecule has 0 aliphatic rings. The van der Waals surface area contributed by atoms with E-state index in [2.05, 4.69) is 51.0 Å². The molecule has 5 heteroatoms. The van der Waals surface area contributed by atoms with Crippen LogP contribution in [0.2, 0.25) is 0 Å². The standard InChI is InChI=1S/C27H21FN4/c1-3-5-6-17(4-2)19-9-12-24-22(13-19)27(32-31-24)25-14-21-23(15-29-16-26(21)30-25)18-7-10-20(28)11-8-18/h3-16,30H,1H2,2H3,(H,31,32)/b6-5-,17-4+. The largest absolute Gasteiger partial charge is 0.352 e. The van der Waals surface area contributed by atoms with Crippen molar-refractivity contribution >= 4 is 27.4 Å². The molecule has 0 aliphatic heterocycles. The minimum absolute atomic E-state index is 0.258. The number of nitrogens with one attached hydrogen (secondary N) is 2. The summed E-state index contributed by atoms with van der Waals surface area (Å²) in [6, 6.07) is 14.8. The summed E-state index contributed by atoms with van der Waals surface area (Å²) in [5.74, 6) is -0.258. The number of aromatic nitrogens is 4. The molecular weight excluding hydrogens is 399 g/mol. The molecule has 0 radical (unpaired) electrons. The molecule has 0 aliphatic carbocycles. The lowest BCUT2D eigenvalue weighted by atomic mass is 10.0. The fourth-order valence-corrected chi connectivity index (χ4v) is 3.97. The molecule has 2 N–H and O–H groups in total. The van der Waals surface area contributed by atoms with Crippen LogP contribution in [0.4, 0.5) is 4.39 Å². The molecule has 0 amide bonds. The van der Waals surface area contributed by atoms with Gasteiger partial charge in [0.15, 0.2) is 0 Å². The Morgan fingerprint density at radius 3 is 2.62 bits per heavy atom. The van der Waals surface area contributed by atoms with Crippen LogP contribution in [0, 0.1) is 5.82 Å². The smallest absolute Gasteiger partial charge is 0.123 e. The molecule has 0 bridgehead atoms. The first-order valence-corrected chi connectivity index (χ1v) is 10.3. The maximum atomic E-state index is 13.4. The zero-order valence-electron chi connectivity index (χ0n) is 17.6. The topological polar surface area (TPSA) is 57.4 Å². The molecule has 5 rings (SSSR count). The van der Waals surface area contributed by atoms with Crippen molar-refractivity contribution in [2.45, 2.75) is 6.92 Å². The maximum Gasteiger partial charge on any atom is 0.123 e. The van der Waals surface area contributed by atoms with Crippen molar-refractivity contribution in [1.82, 2.24) is 20.2 Å². The molecule has 3 heterocycles. The number of nitrogens with zero attached hydrogens (tertiary/aromatic N) is 2. The minimum Gasteiger partial charge on any atom is -0.352 e. The van der Waals surface area contributed by atoms with Crippen LogP contribution in [0.3, 0.4) is 0 Å². The van der Waals surface area contributed by atoms with E-state index >= 15 is 0 Å². The van der Waals surface area contributed by atoms with E-state index in [1.807, 2.05) is 25.1 Å². The van der Waals surface area contributed by atoms with E-state index < -0.39 is 0 Å². The Hall–Kier alpha value is -4.25. The molecule has 0 saturated carbocycles. The van der Waals surface area contributed by atoms with Gasteiger partial charge >= 0.3 is 0 Å². The average Bonchev–Trinajstić information content (AvgIpc) is 3.43. The van der Waals surface area contributed by atoms with E-state index in [-0.39, 0.29) is 5.82 Å². The molecule has 0 fully saturated rings. The predicted molar refractivity (Wildman–Crippen MR) is 130 cm³/mol. The normalized spacial score (nSPS) is 12.2. The second kappa shape index (κ2) is 8.12. The Balaban J connectivity index is 1.64. The number of aromatic amines is 2. The van der Waals surface area contributed by atoms with Crippen LogP contribution in [-0.2, 0) is 0 Å². The van der Waals surface area contributed by atoms with Crippen LogP contribution in [-0.4, -0.2) is 20.2 Å². The second-order valence-electron chi connectivity index (χ2n) is 7.51. The van der Waals surface area contributed by atoms with Crippen molar-refractivity contribution in [2.75, 3.05) is 0 Å². The fraction of sp³-hybridized carbons (Fsp3) is 0.0370. The quantitative estimate of drug-likeness (QED) is 0.299. The van der Waals surface area contributed by atoms with Gasteiger partial charge in [-0.05, 0) is 54.0 Å². The Kier molecular flexibility index (Phi) is 5.00. The van der Waals surface area contributed by atoms with Gasteiger partial charge in [-0.15, -0.1) is 0 Å². The lowest BCUT2D eigenvalue weighted by Crippen LogP contribution is -1.82. The number of benzene rings is 2. The van der Waals surface area contributed by atoms with Gasteiger partial charge in [0.25, 0.3) is 0 Å². The molecule has 32 heavy (non-hydrogen) atoms. The number of hydrogen-bond donors (Lipinski definition) is 2. The van der Waals surface area contributed by atoms with Gasteiger partial charge in [-0.3, -0.25) is 10.1 Å². The van der Waals surface area contributed by atoms with Crippen molar-refractivity contribution in [2.24, 2.45) is 0 Å². The zero-order chi connectivity index (χ0) is 22.1. The molecular formula is C27H21FN4. The summed E-state index contributed by atoms with van der Waals surface area (Å²) in [5.41, 5.74) is 7.66. The minimum atomic E-state index is -0.258. The van der Waals surface area contributed by atoms with E-state index in [4.69, 9.17) is 0 Å².